The summed E-state index contributed by atoms with van der Waals surface area (Å²) in [6.45, 7) is -0.448. The Hall–Kier alpha value is -1.77. The van der Waals surface area contributed by atoms with Gasteiger partial charge < -0.3 is 14.9 Å². The van der Waals surface area contributed by atoms with Crippen molar-refractivity contribution in [2.45, 2.75) is 6.04 Å². The molecule has 9 heteroatoms. The molecule has 0 saturated carbocycles. The Bertz CT molecular complexity index is 410. The average Bonchev–Trinajstić information content (AvgIpc) is 2.75. The summed E-state index contributed by atoms with van der Waals surface area (Å²) in [7, 11) is 0. The Morgan fingerprint density at radius 1 is 1.28 bits per heavy atom. The maximum atomic E-state index is 12.0. The van der Waals surface area contributed by atoms with Crippen LogP contribution in [0.5, 0.6) is 0 Å². The fourth-order valence-corrected chi connectivity index (χ4v) is 2.93. The number of hydrogen-bond acceptors (Lipinski definition) is 5. The zero-order chi connectivity index (χ0) is 13.3. The number of rotatable bonds is 1. The van der Waals surface area contributed by atoms with Crippen LogP contribution in [0.2, 0.25) is 0 Å². The maximum absolute atomic E-state index is 12.0. The molecule has 8 nitrogen and oxygen atoms in total. The number of amides is 4. The number of carboxylic acid groups (broad SMARTS) is 1. The molecule has 2 aliphatic rings. The van der Waals surface area contributed by atoms with E-state index in [2.05, 4.69) is 5.32 Å². The number of imide groups is 1. The van der Waals surface area contributed by atoms with Crippen LogP contribution in [-0.2, 0) is 14.4 Å². The third-order valence-corrected chi connectivity index (χ3v) is 3.64. The lowest BCUT2D eigenvalue weighted by atomic mass is 10.3. The van der Waals surface area contributed by atoms with Crippen LogP contribution in [0, 0.1) is 0 Å². The molecule has 18 heavy (non-hydrogen) atoms. The van der Waals surface area contributed by atoms with E-state index < -0.39 is 29.9 Å². The van der Waals surface area contributed by atoms with Gasteiger partial charge in [-0.2, -0.15) is 0 Å². The lowest BCUT2D eigenvalue weighted by Crippen LogP contribution is -2.58. The van der Waals surface area contributed by atoms with Crippen LogP contribution < -0.4 is 5.32 Å². The Balaban J connectivity index is 2.08. The van der Waals surface area contributed by atoms with E-state index in [4.69, 9.17) is 5.11 Å². The minimum atomic E-state index is -1.08. The fraction of sp³-hybridized carbons (Fsp3) is 0.556. The summed E-state index contributed by atoms with van der Waals surface area (Å²) in [5, 5.41) is 11.0. The van der Waals surface area contributed by atoms with Crippen LogP contribution in [0.3, 0.4) is 0 Å². The number of aliphatic carboxylic acids is 1. The second-order valence-corrected chi connectivity index (χ2v) is 4.93. The molecule has 2 N–H and O–H groups in total. The second-order valence-electron chi connectivity index (χ2n) is 3.93. The summed E-state index contributed by atoms with van der Waals surface area (Å²) in [6, 6.07) is -1.49. The first-order chi connectivity index (χ1) is 8.49. The number of carboxylic acids is 1. The zero-order valence-corrected chi connectivity index (χ0v) is 10.1. The quantitative estimate of drug-likeness (QED) is 0.564. The highest BCUT2D eigenvalue weighted by molar-refractivity contribution is 7.99. The third-order valence-electron chi connectivity index (χ3n) is 2.63. The summed E-state index contributed by atoms with van der Waals surface area (Å²) in [5.41, 5.74) is 0. The predicted octanol–water partition coefficient (Wildman–Crippen LogP) is -1.48. The molecule has 0 aromatic rings. The van der Waals surface area contributed by atoms with E-state index in [9.17, 15) is 19.2 Å². The van der Waals surface area contributed by atoms with Crippen molar-refractivity contribution in [2.75, 3.05) is 24.7 Å². The molecule has 1 atom stereocenters. The van der Waals surface area contributed by atoms with Crippen molar-refractivity contribution in [3.05, 3.63) is 0 Å². The van der Waals surface area contributed by atoms with Gasteiger partial charge in [-0.1, -0.05) is 0 Å². The molecular formula is C9H11N3O5S. The first-order valence-electron chi connectivity index (χ1n) is 5.18. The summed E-state index contributed by atoms with van der Waals surface area (Å²) in [5.74, 6) is -1.63. The number of nitrogens with zero attached hydrogens (tertiary/aromatic N) is 2. The highest BCUT2D eigenvalue weighted by Crippen LogP contribution is 2.22. The van der Waals surface area contributed by atoms with Gasteiger partial charge in [-0.15, -0.1) is 11.8 Å². The van der Waals surface area contributed by atoms with Gasteiger partial charge in [-0.05, 0) is 0 Å². The van der Waals surface area contributed by atoms with E-state index in [1.807, 2.05) is 0 Å². The van der Waals surface area contributed by atoms with Gasteiger partial charge in [0.25, 0.3) is 0 Å². The van der Waals surface area contributed by atoms with Crippen LogP contribution in [0.1, 0.15) is 0 Å². The van der Waals surface area contributed by atoms with Crippen molar-refractivity contribution >= 4 is 35.6 Å². The van der Waals surface area contributed by atoms with Gasteiger partial charge in [-0.3, -0.25) is 14.9 Å². The Morgan fingerprint density at radius 2 is 1.89 bits per heavy atom. The van der Waals surface area contributed by atoms with Gasteiger partial charge in [0.1, 0.15) is 19.1 Å². The lowest BCUT2D eigenvalue weighted by molar-refractivity contribution is -0.140. The topological polar surface area (TPSA) is 107 Å². The highest BCUT2D eigenvalue weighted by atomic mass is 32.2. The van der Waals surface area contributed by atoms with Crippen LogP contribution in [0.4, 0.5) is 4.79 Å². The molecule has 0 spiro atoms. The number of thioether (sulfide) groups is 1. The van der Waals surface area contributed by atoms with Crippen molar-refractivity contribution in [1.82, 2.24) is 15.1 Å². The predicted molar refractivity (Wildman–Crippen MR) is 60.7 cm³/mol. The monoisotopic (exact) mass is 273 g/mol. The largest absolute Gasteiger partial charge is 0.480 e. The molecule has 2 saturated heterocycles. The summed E-state index contributed by atoms with van der Waals surface area (Å²) in [6.07, 6.45) is 0. The van der Waals surface area contributed by atoms with E-state index in [0.717, 1.165) is 4.90 Å². The van der Waals surface area contributed by atoms with Gasteiger partial charge in [-0.25, -0.2) is 9.59 Å². The Labute approximate surface area is 106 Å². The standard InChI is InChI=1S/C9H11N3O5S/c13-6-1-11(2-7(14)10-6)9(17)12-4-18-3-5(12)8(15)16/h5H,1-4H2,(H,15,16)(H,10,13,14)/t5-/m0/s1. The lowest BCUT2D eigenvalue weighted by Gasteiger charge is -2.31. The van der Waals surface area contributed by atoms with Gasteiger partial charge in [0.2, 0.25) is 11.8 Å². The molecule has 98 valence electrons. The number of nitrogens with one attached hydrogen (secondary N) is 1. The van der Waals surface area contributed by atoms with E-state index in [-0.39, 0.29) is 19.0 Å². The molecule has 2 fully saturated rings. The van der Waals surface area contributed by atoms with Crippen molar-refractivity contribution in [1.29, 1.82) is 0 Å². The van der Waals surface area contributed by atoms with Crippen molar-refractivity contribution < 1.29 is 24.3 Å². The summed E-state index contributed by atoms with van der Waals surface area (Å²) >= 11 is 1.32. The maximum Gasteiger partial charge on any atom is 0.327 e. The van der Waals surface area contributed by atoms with Crippen LogP contribution in [-0.4, -0.2) is 69.5 Å². The summed E-state index contributed by atoms with van der Waals surface area (Å²) in [4.78, 5) is 47.5. The minimum Gasteiger partial charge on any atom is -0.480 e. The second kappa shape index (κ2) is 4.84. The van der Waals surface area contributed by atoms with E-state index >= 15 is 0 Å². The molecule has 4 amide bonds. The smallest absolute Gasteiger partial charge is 0.327 e. The van der Waals surface area contributed by atoms with E-state index in [1.54, 1.807) is 0 Å². The first-order valence-corrected chi connectivity index (χ1v) is 6.33. The molecule has 2 rings (SSSR count). The molecule has 0 unspecified atom stereocenters. The molecule has 2 aliphatic heterocycles. The van der Waals surface area contributed by atoms with E-state index in [0.29, 0.717) is 5.75 Å². The number of urea groups is 1. The van der Waals surface area contributed by atoms with Gasteiger partial charge in [0, 0.05) is 5.75 Å². The molecule has 2 heterocycles. The molecule has 0 radical (unpaired) electrons. The number of hydrogen-bond donors (Lipinski definition) is 2. The average molecular weight is 273 g/mol. The SMILES string of the molecule is O=C1CN(C(=O)N2CSC[C@H]2C(=O)O)CC(=O)N1. The molecule has 0 bridgehead atoms. The zero-order valence-electron chi connectivity index (χ0n) is 9.29. The Kier molecular flexibility index (Phi) is 3.41. The van der Waals surface area contributed by atoms with Crippen molar-refractivity contribution in [3.63, 3.8) is 0 Å². The van der Waals surface area contributed by atoms with Crippen molar-refractivity contribution in [3.8, 4) is 0 Å². The number of carbonyl (C=O) groups excluding carboxylic acids is 3. The fourth-order valence-electron chi connectivity index (χ4n) is 1.79. The van der Waals surface area contributed by atoms with Gasteiger partial charge in [0.05, 0.1) is 5.88 Å². The van der Waals surface area contributed by atoms with Crippen LogP contribution in [0.15, 0.2) is 0 Å². The first kappa shape index (κ1) is 12.7. The third kappa shape index (κ3) is 2.40. The highest BCUT2D eigenvalue weighted by Gasteiger charge is 2.38. The minimum absolute atomic E-state index is 0.224. The van der Waals surface area contributed by atoms with Gasteiger partial charge in [0.15, 0.2) is 0 Å². The van der Waals surface area contributed by atoms with Crippen molar-refractivity contribution in [2.24, 2.45) is 0 Å². The molecular weight excluding hydrogens is 262 g/mol. The number of piperazine rings is 1. The Morgan fingerprint density at radius 3 is 2.44 bits per heavy atom. The van der Waals surface area contributed by atoms with Gasteiger partial charge >= 0.3 is 12.0 Å². The molecule has 0 aliphatic carbocycles. The van der Waals surface area contributed by atoms with E-state index in [1.165, 1.54) is 16.7 Å². The van der Waals surface area contributed by atoms with Crippen LogP contribution in [0.25, 0.3) is 0 Å². The normalized spacial score (nSPS) is 24.1. The van der Waals surface area contributed by atoms with Crippen LogP contribution >= 0.6 is 11.8 Å². The number of carbonyl (C=O) groups is 4. The molecule has 0 aromatic heterocycles. The summed E-state index contributed by atoms with van der Waals surface area (Å²) < 4.78 is 0. The molecule has 0 aromatic carbocycles.